The van der Waals surface area contributed by atoms with Crippen LogP contribution in [-0.4, -0.2) is 18.4 Å². The van der Waals surface area contributed by atoms with E-state index in [1.807, 2.05) is 12.2 Å². The van der Waals surface area contributed by atoms with E-state index in [4.69, 9.17) is 0 Å². The Kier molecular flexibility index (Phi) is 1.88. The Balaban J connectivity index is 2.67. The summed E-state index contributed by atoms with van der Waals surface area (Å²) in [6, 6.07) is 0. The van der Waals surface area contributed by atoms with Crippen LogP contribution in [0.1, 0.15) is 6.42 Å². The molecule has 0 N–H and O–H groups in total. The Hall–Kier alpha value is -1.10. The minimum absolute atomic E-state index is 0.465. The maximum absolute atomic E-state index is 3.78. The molecule has 0 amide bonds. The van der Waals surface area contributed by atoms with Gasteiger partial charge < -0.3 is 0 Å². The summed E-state index contributed by atoms with van der Waals surface area (Å²) in [5.41, 5.74) is 0. The maximum Gasteiger partial charge on any atom is 0.148 e. The average Bonchev–Trinajstić information content (AvgIpc) is 1.62. The Labute approximate surface area is 48.0 Å². The Morgan fingerprint density at radius 3 is 2.38 bits per heavy atom. The first-order chi connectivity index (χ1) is 4.00. The SMILES string of the molecule is C1=CCC=C=NCN=1. The lowest BCUT2D eigenvalue weighted by molar-refractivity contribution is 1.08. The van der Waals surface area contributed by atoms with Crippen LogP contribution in [0.3, 0.4) is 0 Å². The van der Waals surface area contributed by atoms with Crippen LogP contribution in [0.2, 0.25) is 0 Å². The number of nitrogens with zero attached hydrogens (tertiary/aromatic N) is 2. The largest absolute Gasteiger partial charge is 0.219 e. The minimum atomic E-state index is 0.465. The molecular weight excluding hydrogens is 100 g/mol. The van der Waals surface area contributed by atoms with Crippen molar-refractivity contribution < 1.29 is 0 Å². The highest BCUT2D eigenvalue weighted by molar-refractivity contribution is 5.57. The van der Waals surface area contributed by atoms with Crippen LogP contribution in [0.4, 0.5) is 0 Å². The second-order valence-electron chi connectivity index (χ2n) is 1.36. The van der Waals surface area contributed by atoms with E-state index in [1.165, 1.54) is 0 Å². The molecule has 1 heterocycles. The topological polar surface area (TPSA) is 24.7 Å². The van der Waals surface area contributed by atoms with Crippen LogP contribution in [-0.2, 0) is 0 Å². The summed E-state index contributed by atoms with van der Waals surface area (Å²) in [6.07, 6.45) is 4.54. The molecule has 0 aromatic carbocycles. The van der Waals surface area contributed by atoms with E-state index in [0.29, 0.717) is 6.67 Å². The van der Waals surface area contributed by atoms with E-state index in [0.717, 1.165) is 6.42 Å². The lowest BCUT2D eigenvalue weighted by Crippen LogP contribution is -1.73. The molecule has 0 saturated heterocycles. The molecule has 0 saturated carbocycles. The quantitative estimate of drug-likeness (QED) is 0.436. The summed E-state index contributed by atoms with van der Waals surface area (Å²) in [5, 5.41) is 0. The normalized spacial score (nSPS) is 16.0. The molecule has 40 valence electrons. The van der Waals surface area contributed by atoms with Gasteiger partial charge in [0.05, 0.1) is 0 Å². The van der Waals surface area contributed by atoms with Crippen molar-refractivity contribution in [3.63, 3.8) is 0 Å². The van der Waals surface area contributed by atoms with Crippen molar-refractivity contribution in [3.05, 3.63) is 12.2 Å². The lowest BCUT2D eigenvalue weighted by atomic mass is 10.4. The monoisotopic (exact) mass is 106 g/mol. The van der Waals surface area contributed by atoms with Gasteiger partial charge in [0, 0.05) is 6.42 Å². The molecule has 0 aliphatic carbocycles. The predicted molar refractivity (Wildman–Crippen MR) is 33.5 cm³/mol. The van der Waals surface area contributed by atoms with Crippen LogP contribution in [0.15, 0.2) is 22.1 Å². The molecule has 1 aliphatic rings. The second kappa shape index (κ2) is 2.98. The maximum atomic E-state index is 3.78. The highest BCUT2D eigenvalue weighted by Gasteiger charge is 1.70. The van der Waals surface area contributed by atoms with Gasteiger partial charge in [-0.2, -0.15) is 0 Å². The molecule has 0 unspecified atom stereocenters. The van der Waals surface area contributed by atoms with Gasteiger partial charge in [0.1, 0.15) is 6.67 Å². The van der Waals surface area contributed by atoms with E-state index < -0.39 is 0 Å². The summed E-state index contributed by atoms with van der Waals surface area (Å²) in [4.78, 5) is 7.55. The van der Waals surface area contributed by atoms with Gasteiger partial charge in [0.15, 0.2) is 0 Å². The molecule has 8 heavy (non-hydrogen) atoms. The minimum Gasteiger partial charge on any atom is -0.219 e. The standard InChI is InChI=1S/C6H6N2/c1-2-4-7-6-8-5-3-1/h2-3H,1,6H2. The molecule has 0 atom stereocenters. The highest BCUT2D eigenvalue weighted by atomic mass is 14.9. The number of allylic oxidation sites excluding steroid dienone is 2. The number of rotatable bonds is 0. The fraction of sp³-hybridized carbons (Fsp3) is 0.333. The van der Waals surface area contributed by atoms with Gasteiger partial charge in [0.2, 0.25) is 0 Å². The molecule has 0 aromatic rings. The zero-order chi connectivity index (χ0) is 5.66. The smallest absolute Gasteiger partial charge is 0.148 e. The Bertz CT molecular complexity index is 145. The highest BCUT2D eigenvalue weighted by Crippen LogP contribution is 1.79. The van der Waals surface area contributed by atoms with E-state index in [1.54, 1.807) is 0 Å². The van der Waals surface area contributed by atoms with E-state index in [9.17, 15) is 0 Å². The van der Waals surface area contributed by atoms with Crippen molar-refractivity contribution >= 4 is 11.7 Å². The van der Waals surface area contributed by atoms with E-state index in [-0.39, 0.29) is 0 Å². The van der Waals surface area contributed by atoms with Crippen molar-refractivity contribution in [2.75, 3.05) is 6.67 Å². The molecule has 0 bridgehead atoms. The van der Waals surface area contributed by atoms with Crippen molar-refractivity contribution in [1.82, 2.24) is 0 Å². The van der Waals surface area contributed by atoms with E-state index in [2.05, 4.69) is 21.7 Å². The third-order valence-electron chi connectivity index (χ3n) is 0.742. The molecule has 2 heteroatoms. The van der Waals surface area contributed by atoms with Crippen LogP contribution in [0.5, 0.6) is 0 Å². The van der Waals surface area contributed by atoms with Crippen molar-refractivity contribution in [2.45, 2.75) is 6.42 Å². The molecule has 0 radical (unpaired) electrons. The van der Waals surface area contributed by atoms with Crippen molar-refractivity contribution in [3.8, 4) is 0 Å². The van der Waals surface area contributed by atoms with Gasteiger partial charge >= 0.3 is 0 Å². The zero-order valence-corrected chi connectivity index (χ0v) is 4.46. The summed E-state index contributed by atoms with van der Waals surface area (Å²) in [7, 11) is 0. The van der Waals surface area contributed by atoms with Crippen LogP contribution in [0, 0.1) is 0 Å². The summed E-state index contributed by atoms with van der Waals surface area (Å²) in [5.74, 6) is 5.44. The molecule has 0 aromatic heterocycles. The lowest BCUT2D eigenvalue weighted by Gasteiger charge is -1.78. The van der Waals surface area contributed by atoms with Gasteiger partial charge in [-0.3, -0.25) is 0 Å². The van der Waals surface area contributed by atoms with Crippen LogP contribution >= 0.6 is 0 Å². The third kappa shape index (κ3) is 1.57. The zero-order valence-electron chi connectivity index (χ0n) is 4.46. The summed E-state index contributed by atoms with van der Waals surface area (Å²) in [6.45, 7) is 0.465. The predicted octanol–water partition coefficient (Wildman–Crippen LogP) is 0.799. The molecular formula is C6H6N2. The first-order valence-electron chi connectivity index (χ1n) is 2.47. The van der Waals surface area contributed by atoms with E-state index >= 15 is 0 Å². The Morgan fingerprint density at radius 1 is 1.12 bits per heavy atom. The fourth-order valence-electron chi connectivity index (χ4n) is 0.410. The number of hydrogen-bond acceptors (Lipinski definition) is 2. The molecule has 1 rings (SSSR count). The molecule has 0 fully saturated rings. The number of aliphatic imine (C=N–C) groups is 2. The summed E-state index contributed by atoms with van der Waals surface area (Å²) < 4.78 is 0. The average molecular weight is 106 g/mol. The first kappa shape index (κ1) is 5.04. The van der Waals surface area contributed by atoms with Crippen LogP contribution < -0.4 is 0 Å². The molecule has 1 aliphatic heterocycles. The van der Waals surface area contributed by atoms with Gasteiger partial charge in [-0.1, -0.05) is 0 Å². The van der Waals surface area contributed by atoms with Gasteiger partial charge in [0.25, 0.3) is 0 Å². The molecule has 0 spiro atoms. The first-order valence-corrected chi connectivity index (χ1v) is 2.47. The Morgan fingerprint density at radius 2 is 1.75 bits per heavy atom. The number of hydrogen-bond donors (Lipinski definition) is 0. The van der Waals surface area contributed by atoms with Crippen molar-refractivity contribution in [2.24, 2.45) is 9.98 Å². The molecule has 2 nitrogen and oxygen atoms in total. The van der Waals surface area contributed by atoms with Gasteiger partial charge in [-0.15, -0.1) is 0 Å². The summed E-state index contributed by atoms with van der Waals surface area (Å²) >= 11 is 0. The van der Waals surface area contributed by atoms with Crippen molar-refractivity contribution in [1.29, 1.82) is 0 Å². The van der Waals surface area contributed by atoms with Crippen LogP contribution in [0.25, 0.3) is 0 Å². The van der Waals surface area contributed by atoms with Gasteiger partial charge in [-0.05, 0) is 23.9 Å². The van der Waals surface area contributed by atoms with Gasteiger partial charge in [-0.25, -0.2) is 9.98 Å². The third-order valence-corrected chi connectivity index (χ3v) is 0.742. The fourth-order valence-corrected chi connectivity index (χ4v) is 0.410. The second-order valence-corrected chi connectivity index (χ2v) is 1.36.